The Morgan fingerprint density at radius 1 is 1.47 bits per heavy atom. The lowest BCUT2D eigenvalue weighted by atomic mass is 10.1. The maximum atomic E-state index is 11.9. The zero-order valence-corrected chi connectivity index (χ0v) is 11.5. The average molecular weight is 265 g/mol. The third-order valence-electron chi connectivity index (χ3n) is 2.95. The zero-order valence-electron chi connectivity index (χ0n) is 11.5. The van der Waals surface area contributed by atoms with E-state index in [4.69, 9.17) is 4.74 Å². The Bertz CT molecular complexity index is 518. The van der Waals surface area contributed by atoms with Crippen molar-refractivity contribution in [1.29, 1.82) is 0 Å². The summed E-state index contributed by atoms with van der Waals surface area (Å²) in [5, 5.41) is 0. The van der Waals surface area contributed by atoms with Gasteiger partial charge >= 0.3 is 6.09 Å². The summed E-state index contributed by atoms with van der Waals surface area (Å²) >= 11 is 0. The Morgan fingerprint density at radius 3 is 2.84 bits per heavy atom. The normalized spacial score (nSPS) is 19.5. The molecule has 0 aliphatic carbocycles. The molecule has 1 aromatic heterocycles. The second-order valence-electron chi connectivity index (χ2n) is 5.76. The van der Waals surface area contributed by atoms with Crippen LogP contribution in [0.4, 0.5) is 4.79 Å². The average Bonchev–Trinajstić information content (AvgIpc) is 2.75. The molecule has 1 unspecified atom stereocenters. The summed E-state index contributed by atoms with van der Waals surface area (Å²) < 4.78 is 5.33. The van der Waals surface area contributed by atoms with E-state index in [1.807, 2.05) is 20.8 Å². The molecule has 0 bridgehead atoms. The van der Waals surface area contributed by atoms with E-state index >= 15 is 0 Å². The lowest BCUT2D eigenvalue weighted by Crippen LogP contribution is -2.35. The van der Waals surface area contributed by atoms with Crippen LogP contribution in [0, 0.1) is 0 Å². The Hall–Kier alpha value is -1.85. The molecular formula is C13H19N3O3. The maximum absolute atomic E-state index is 11.9. The van der Waals surface area contributed by atoms with Crippen molar-refractivity contribution in [3.8, 4) is 0 Å². The van der Waals surface area contributed by atoms with E-state index in [1.165, 1.54) is 6.20 Å². The molecule has 6 nitrogen and oxygen atoms in total. The first kappa shape index (κ1) is 13.6. The summed E-state index contributed by atoms with van der Waals surface area (Å²) in [7, 11) is 0. The van der Waals surface area contributed by atoms with Gasteiger partial charge < -0.3 is 14.6 Å². The molecule has 1 aromatic rings. The quantitative estimate of drug-likeness (QED) is 0.834. The van der Waals surface area contributed by atoms with Crippen molar-refractivity contribution in [2.45, 2.75) is 38.7 Å². The predicted molar refractivity (Wildman–Crippen MR) is 70.0 cm³/mol. The number of hydrogen-bond acceptors (Lipinski definition) is 4. The highest BCUT2D eigenvalue weighted by Crippen LogP contribution is 2.26. The van der Waals surface area contributed by atoms with Gasteiger partial charge in [0.25, 0.3) is 5.56 Å². The number of H-pyrrole nitrogens is 1. The Morgan fingerprint density at radius 2 is 2.21 bits per heavy atom. The third kappa shape index (κ3) is 3.56. The maximum Gasteiger partial charge on any atom is 0.410 e. The summed E-state index contributed by atoms with van der Waals surface area (Å²) in [6, 6.07) is 0. The Kier molecular flexibility index (Phi) is 3.59. The highest BCUT2D eigenvalue weighted by Gasteiger charge is 2.30. The predicted octanol–water partition coefficient (Wildman–Crippen LogP) is 1.49. The number of nitrogens with one attached hydrogen (secondary N) is 1. The fraction of sp³-hybridized carbons (Fsp3) is 0.615. The van der Waals surface area contributed by atoms with Gasteiger partial charge in [-0.3, -0.25) is 9.78 Å². The van der Waals surface area contributed by atoms with Crippen LogP contribution in [0.15, 0.2) is 17.2 Å². The summed E-state index contributed by atoms with van der Waals surface area (Å²) in [4.78, 5) is 31.5. The first-order chi connectivity index (χ1) is 8.85. The molecule has 1 N–H and O–H groups in total. The summed E-state index contributed by atoms with van der Waals surface area (Å²) in [6.45, 7) is 6.72. The second-order valence-corrected chi connectivity index (χ2v) is 5.76. The van der Waals surface area contributed by atoms with E-state index in [2.05, 4.69) is 9.97 Å². The number of ether oxygens (including phenoxy) is 1. The van der Waals surface area contributed by atoms with Crippen molar-refractivity contribution in [1.82, 2.24) is 14.9 Å². The number of amides is 1. The molecule has 104 valence electrons. The van der Waals surface area contributed by atoms with Crippen LogP contribution in [-0.2, 0) is 4.74 Å². The number of nitrogens with zero attached hydrogens (tertiary/aromatic N) is 2. The van der Waals surface area contributed by atoms with Crippen LogP contribution in [0.25, 0.3) is 0 Å². The fourth-order valence-corrected chi connectivity index (χ4v) is 2.11. The number of rotatable bonds is 1. The van der Waals surface area contributed by atoms with Crippen molar-refractivity contribution in [2.75, 3.05) is 13.1 Å². The monoisotopic (exact) mass is 265 g/mol. The van der Waals surface area contributed by atoms with Crippen molar-refractivity contribution in [3.63, 3.8) is 0 Å². The molecule has 1 fully saturated rings. The number of carbonyl (C=O) groups is 1. The number of aromatic nitrogens is 2. The number of hydrogen-bond donors (Lipinski definition) is 1. The molecule has 0 spiro atoms. The van der Waals surface area contributed by atoms with Gasteiger partial charge in [-0.2, -0.15) is 0 Å². The zero-order chi connectivity index (χ0) is 14.0. The molecule has 1 aliphatic heterocycles. The van der Waals surface area contributed by atoms with Crippen molar-refractivity contribution in [3.05, 3.63) is 28.4 Å². The van der Waals surface area contributed by atoms with Crippen molar-refractivity contribution >= 4 is 6.09 Å². The summed E-state index contributed by atoms with van der Waals surface area (Å²) in [5.41, 5.74) is 0.0735. The van der Waals surface area contributed by atoms with Gasteiger partial charge in [0, 0.05) is 30.9 Å². The van der Waals surface area contributed by atoms with Crippen molar-refractivity contribution < 1.29 is 9.53 Å². The van der Waals surface area contributed by atoms with Crippen LogP contribution in [-0.4, -0.2) is 39.7 Å². The molecule has 1 aliphatic rings. The molecule has 19 heavy (non-hydrogen) atoms. The van der Waals surface area contributed by atoms with Gasteiger partial charge in [0.05, 0.1) is 6.20 Å². The molecule has 0 aromatic carbocycles. The number of carbonyl (C=O) groups excluding carboxylic acids is 1. The highest BCUT2D eigenvalue weighted by molar-refractivity contribution is 5.68. The van der Waals surface area contributed by atoms with Gasteiger partial charge in [-0.15, -0.1) is 0 Å². The minimum atomic E-state index is -0.488. The van der Waals surface area contributed by atoms with E-state index in [1.54, 1.807) is 11.1 Å². The van der Waals surface area contributed by atoms with Crippen LogP contribution < -0.4 is 5.56 Å². The van der Waals surface area contributed by atoms with Crippen LogP contribution in [0.1, 0.15) is 38.8 Å². The number of likely N-dealkylation sites (tertiary alicyclic amines) is 1. The van der Waals surface area contributed by atoms with E-state index in [0.29, 0.717) is 13.1 Å². The van der Waals surface area contributed by atoms with E-state index < -0.39 is 5.60 Å². The molecule has 0 saturated carbocycles. The third-order valence-corrected chi connectivity index (χ3v) is 2.95. The van der Waals surface area contributed by atoms with Crippen LogP contribution in [0.3, 0.4) is 0 Å². The van der Waals surface area contributed by atoms with Gasteiger partial charge in [0.2, 0.25) is 0 Å². The Balaban J connectivity index is 2.00. The minimum absolute atomic E-state index is 0.119. The lowest BCUT2D eigenvalue weighted by Gasteiger charge is -2.24. The molecule has 2 heterocycles. The first-order valence-corrected chi connectivity index (χ1v) is 6.37. The van der Waals surface area contributed by atoms with Crippen LogP contribution in [0.5, 0.6) is 0 Å². The van der Waals surface area contributed by atoms with Gasteiger partial charge in [0.15, 0.2) is 0 Å². The van der Waals surface area contributed by atoms with E-state index in [9.17, 15) is 9.59 Å². The van der Waals surface area contributed by atoms with Gasteiger partial charge in [-0.1, -0.05) is 0 Å². The van der Waals surface area contributed by atoms with E-state index in [0.717, 1.165) is 12.1 Å². The van der Waals surface area contributed by atoms with Gasteiger partial charge in [0.1, 0.15) is 5.60 Å². The molecule has 1 amide bonds. The number of aromatic amines is 1. The van der Waals surface area contributed by atoms with Crippen LogP contribution >= 0.6 is 0 Å². The van der Waals surface area contributed by atoms with Crippen LogP contribution in [0.2, 0.25) is 0 Å². The molecule has 6 heteroatoms. The molecule has 1 saturated heterocycles. The molecule has 2 rings (SSSR count). The first-order valence-electron chi connectivity index (χ1n) is 6.37. The summed E-state index contributed by atoms with van der Waals surface area (Å²) in [5.74, 6) is 0.119. The standard InChI is InChI=1S/C13H19N3O3/c1-13(2,3)19-12(18)16-5-4-9(8-16)10-6-14-7-11(17)15-10/h6-7,9H,4-5,8H2,1-3H3,(H,15,17). The lowest BCUT2D eigenvalue weighted by molar-refractivity contribution is 0.0292. The highest BCUT2D eigenvalue weighted by atomic mass is 16.6. The molecule has 1 atom stereocenters. The fourth-order valence-electron chi connectivity index (χ4n) is 2.11. The second kappa shape index (κ2) is 5.03. The molecular weight excluding hydrogens is 246 g/mol. The summed E-state index contributed by atoms with van der Waals surface area (Å²) in [6.07, 6.45) is 3.39. The minimum Gasteiger partial charge on any atom is -0.444 e. The topological polar surface area (TPSA) is 75.3 Å². The SMILES string of the molecule is CC(C)(C)OC(=O)N1CCC(c2cncc(=O)[nH]2)C1. The van der Waals surface area contributed by atoms with Gasteiger partial charge in [-0.25, -0.2) is 4.79 Å². The van der Waals surface area contributed by atoms with Crippen molar-refractivity contribution in [2.24, 2.45) is 0 Å². The largest absolute Gasteiger partial charge is 0.444 e. The van der Waals surface area contributed by atoms with Gasteiger partial charge in [-0.05, 0) is 27.2 Å². The van der Waals surface area contributed by atoms with E-state index in [-0.39, 0.29) is 17.6 Å². The molecule has 0 radical (unpaired) electrons. The smallest absolute Gasteiger partial charge is 0.410 e. The Labute approximate surface area is 111 Å².